The molecular formula is C24H29N3O3. The van der Waals surface area contributed by atoms with E-state index >= 15 is 0 Å². The van der Waals surface area contributed by atoms with E-state index in [1.807, 2.05) is 26.0 Å². The van der Waals surface area contributed by atoms with Crippen LogP contribution in [0.2, 0.25) is 0 Å². The summed E-state index contributed by atoms with van der Waals surface area (Å²) in [6.07, 6.45) is 1.06. The molecule has 0 radical (unpaired) electrons. The maximum Gasteiger partial charge on any atom is 0.261 e. The molecule has 1 amide bonds. The number of aryl methyl sites for hydroxylation is 1. The fourth-order valence-corrected chi connectivity index (χ4v) is 4.49. The number of aromatic nitrogens is 1. The number of hydrogen-bond donors (Lipinski definition) is 1. The van der Waals surface area contributed by atoms with Gasteiger partial charge in [-0.25, -0.2) is 0 Å². The zero-order chi connectivity index (χ0) is 21.5. The van der Waals surface area contributed by atoms with Crippen molar-refractivity contribution in [2.75, 3.05) is 26.2 Å². The van der Waals surface area contributed by atoms with Gasteiger partial charge in [0.25, 0.3) is 11.5 Å². The van der Waals surface area contributed by atoms with Gasteiger partial charge in [-0.05, 0) is 36.0 Å². The summed E-state index contributed by atoms with van der Waals surface area (Å²) < 4.78 is 0. The van der Waals surface area contributed by atoms with E-state index in [4.69, 9.17) is 0 Å². The van der Waals surface area contributed by atoms with Gasteiger partial charge in [-0.3, -0.25) is 19.3 Å². The number of carbonyl (C=O) groups is 2. The quantitative estimate of drug-likeness (QED) is 0.849. The Hall–Kier alpha value is -2.73. The molecule has 4 rings (SSSR count). The van der Waals surface area contributed by atoms with Crippen LogP contribution in [0.15, 0.2) is 35.1 Å². The first-order chi connectivity index (χ1) is 14.2. The fraction of sp³-hybridized carbons (Fsp3) is 0.458. The molecule has 1 aliphatic heterocycles. The molecule has 0 unspecified atom stereocenters. The Morgan fingerprint density at radius 3 is 2.47 bits per heavy atom. The number of rotatable bonds is 3. The number of Topliss-reactive ketones (excluding diaryl/α,β-unsaturated/α-hetero) is 1. The number of piperazine rings is 1. The summed E-state index contributed by atoms with van der Waals surface area (Å²) in [4.78, 5) is 45.1. The monoisotopic (exact) mass is 407 g/mol. The summed E-state index contributed by atoms with van der Waals surface area (Å²) >= 11 is 0. The fourth-order valence-electron chi connectivity index (χ4n) is 4.49. The first kappa shape index (κ1) is 20.5. The lowest BCUT2D eigenvalue weighted by molar-refractivity contribution is 0.0626. The molecule has 1 fully saturated rings. The highest BCUT2D eigenvalue weighted by molar-refractivity contribution is 6.02. The molecule has 1 N–H and O–H groups in total. The zero-order valence-electron chi connectivity index (χ0n) is 18.0. The first-order valence-electron chi connectivity index (χ1n) is 10.6. The SMILES string of the molecule is Cc1ccccc1CN1CCN(C(=O)c2cc3c([nH]c2=O)CC(C)(C)CC3=O)CC1. The number of aromatic amines is 1. The van der Waals surface area contributed by atoms with Gasteiger partial charge in [0.05, 0.1) is 0 Å². The number of benzene rings is 1. The number of nitrogens with one attached hydrogen (secondary N) is 1. The van der Waals surface area contributed by atoms with Crippen LogP contribution >= 0.6 is 0 Å². The summed E-state index contributed by atoms with van der Waals surface area (Å²) in [6, 6.07) is 9.86. The number of hydrogen-bond acceptors (Lipinski definition) is 4. The minimum Gasteiger partial charge on any atom is -0.336 e. The molecule has 1 saturated heterocycles. The van der Waals surface area contributed by atoms with Crippen molar-refractivity contribution >= 4 is 11.7 Å². The average Bonchev–Trinajstić information content (AvgIpc) is 2.68. The smallest absolute Gasteiger partial charge is 0.261 e. The van der Waals surface area contributed by atoms with Crippen LogP contribution in [0, 0.1) is 12.3 Å². The number of fused-ring (bicyclic) bond motifs is 1. The number of pyridine rings is 1. The zero-order valence-corrected chi connectivity index (χ0v) is 18.0. The number of amides is 1. The molecule has 0 bridgehead atoms. The van der Waals surface area contributed by atoms with Crippen LogP contribution in [0.4, 0.5) is 0 Å². The Kier molecular flexibility index (Phi) is 5.36. The molecule has 1 aliphatic carbocycles. The van der Waals surface area contributed by atoms with Gasteiger partial charge in [-0.1, -0.05) is 38.1 Å². The van der Waals surface area contributed by atoms with Gasteiger partial charge in [0.2, 0.25) is 0 Å². The van der Waals surface area contributed by atoms with E-state index < -0.39 is 5.56 Å². The Morgan fingerprint density at radius 2 is 1.77 bits per heavy atom. The number of ketones is 1. The minimum atomic E-state index is -0.397. The van der Waals surface area contributed by atoms with Crippen molar-refractivity contribution < 1.29 is 9.59 Å². The van der Waals surface area contributed by atoms with E-state index in [2.05, 4.69) is 28.9 Å². The first-order valence-corrected chi connectivity index (χ1v) is 10.6. The molecule has 1 aromatic heterocycles. The van der Waals surface area contributed by atoms with Gasteiger partial charge in [-0.2, -0.15) is 0 Å². The standard InChI is InChI=1S/C24H29N3O3/c1-16-6-4-5-7-17(16)15-26-8-10-27(11-9-26)23(30)19-12-18-20(25-22(19)29)13-24(2,3)14-21(18)28/h4-7,12H,8-11,13-15H2,1-3H3,(H,25,29). The molecule has 6 nitrogen and oxygen atoms in total. The van der Waals surface area contributed by atoms with Crippen LogP contribution in [0.3, 0.4) is 0 Å². The van der Waals surface area contributed by atoms with Crippen LogP contribution < -0.4 is 5.56 Å². The lowest BCUT2D eigenvalue weighted by Crippen LogP contribution is -2.49. The van der Waals surface area contributed by atoms with Crippen molar-refractivity contribution in [1.82, 2.24) is 14.8 Å². The molecule has 0 spiro atoms. The topological polar surface area (TPSA) is 73.5 Å². The number of nitrogens with zero attached hydrogens (tertiary/aromatic N) is 2. The Morgan fingerprint density at radius 1 is 1.07 bits per heavy atom. The molecule has 1 aromatic carbocycles. The van der Waals surface area contributed by atoms with Gasteiger partial charge in [0.1, 0.15) is 5.56 Å². The molecule has 2 heterocycles. The van der Waals surface area contributed by atoms with Gasteiger partial charge < -0.3 is 9.88 Å². The van der Waals surface area contributed by atoms with E-state index in [9.17, 15) is 14.4 Å². The molecule has 2 aromatic rings. The number of H-pyrrole nitrogens is 1. The Labute approximate surface area is 176 Å². The Balaban J connectivity index is 1.46. The highest BCUT2D eigenvalue weighted by atomic mass is 16.2. The predicted octanol–water partition coefficient (Wildman–Crippen LogP) is 2.80. The lowest BCUT2D eigenvalue weighted by Gasteiger charge is -2.35. The van der Waals surface area contributed by atoms with Gasteiger partial charge >= 0.3 is 0 Å². The van der Waals surface area contributed by atoms with Crippen molar-refractivity contribution in [3.8, 4) is 0 Å². The maximum absolute atomic E-state index is 13.0. The molecule has 0 atom stereocenters. The third-order valence-corrected chi connectivity index (χ3v) is 6.26. The van der Waals surface area contributed by atoms with Gasteiger partial charge in [0.15, 0.2) is 5.78 Å². The second-order valence-electron chi connectivity index (χ2n) is 9.34. The van der Waals surface area contributed by atoms with Gasteiger partial charge in [0, 0.05) is 50.4 Å². The van der Waals surface area contributed by atoms with Crippen LogP contribution in [0.1, 0.15) is 57.8 Å². The highest BCUT2D eigenvalue weighted by Crippen LogP contribution is 2.33. The van der Waals surface area contributed by atoms with Crippen molar-refractivity contribution in [1.29, 1.82) is 0 Å². The molecule has 6 heteroatoms. The van der Waals surface area contributed by atoms with Gasteiger partial charge in [-0.15, -0.1) is 0 Å². The van der Waals surface area contributed by atoms with E-state index in [-0.39, 0.29) is 22.7 Å². The normalized spacial score (nSPS) is 18.9. The second-order valence-corrected chi connectivity index (χ2v) is 9.34. The van der Waals surface area contributed by atoms with Crippen LogP contribution in [-0.2, 0) is 13.0 Å². The second kappa shape index (κ2) is 7.84. The summed E-state index contributed by atoms with van der Waals surface area (Å²) in [5.41, 5.74) is 3.22. The Bertz CT molecular complexity index is 1050. The lowest BCUT2D eigenvalue weighted by atomic mass is 9.75. The largest absolute Gasteiger partial charge is 0.336 e. The molecule has 0 saturated carbocycles. The van der Waals surface area contributed by atoms with Crippen molar-refractivity contribution in [2.24, 2.45) is 5.41 Å². The van der Waals surface area contributed by atoms with Crippen LogP contribution in [-0.4, -0.2) is 52.7 Å². The third-order valence-electron chi connectivity index (χ3n) is 6.26. The summed E-state index contributed by atoms with van der Waals surface area (Å²) in [6.45, 7) is 9.66. The van der Waals surface area contributed by atoms with E-state index in [1.54, 1.807) is 4.90 Å². The van der Waals surface area contributed by atoms with E-state index in [0.29, 0.717) is 37.2 Å². The summed E-state index contributed by atoms with van der Waals surface area (Å²) in [5.74, 6) is -0.290. The van der Waals surface area contributed by atoms with Crippen LogP contribution in [0.25, 0.3) is 0 Å². The number of carbonyl (C=O) groups excluding carboxylic acids is 2. The van der Waals surface area contributed by atoms with Crippen LogP contribution in [0.5, 0.6) is 0 Å². The summed E-state index contributed by atoms with van der Waals surface area (Å²) in [5, 5.41) is 0. The maximum atomic E-state index is 13.0. The molecule has 30 heavy (non-hydrogen) atoms. The molecule has 2 aliphatic rings. The molecular weight excluding hydrogens is 378 g/mol. The van der Waals surface area contributed by atoms with Crippen molar-refractivity contribution in [3.63, 3.8) is 0 Å². The van der Waals surface area contributed by atoms with Crippen molar-refractivity contribution in [3.05, 3.63) is 68.6 Å². The third kappa shape index (κ3) is 4.10. The minimum absolute atomic E-state index is 0.00500. The highest BCUT2D eigenvalue weighted by Gasteiger charge is 2.33. The summed E-state index contributed by atoms with van der Waals surface area (Å²) in [7, 11) is 0. The van der Waals surface area contributed by atoms with E-state index in [0.717, 1.165) is 19.6 Å². The molecule has 158 valence electrons. The predicted molar refractivity (Wildman–Crippen MR) is 116 cm³/mol. The average molecular weight is 408 g/mol. The van der Waals surface area contributed by atoms with E-state index in [1.165, 1.54) is 17.2 Å². The van der Waals surface area contributed by atoms with Crippen molar-refractivity contribution in [2.45, 2.75) is 40.2 Å².